The van der Waals surface area contributed by atoms with Gasteiger partial charge in [-0.3, -0.25) is 0 Å². The number of aromatic nitrogens is 4. The summed E-state index contributed by atoms with van der Waals surface area (Å²) >= 11 is 0. The van der Waals surface area contributed by atoms with Crippen LogP contribution in [-0.2, 0) is 0 Å². The summed E-state index contributed by atoms with van der Waals surface area (Å²) in [5.41, 5.74) is 12.2. The van der Waals surface area contributed by atoms with Crippen LogP contribution >= 0.6 is 0 Å². The first-order chi connectivity index (χ1) is 29.7. The minimum atomic E-state index is 0.583. The maximum atomic E-state index is 7.04. The molecule has 0 aliphatic heterocycles. The van der Waals surface area contributed by atoms with E-state index in [1.807, 2.05) is 36.4 Å². The minimum absolute atomic E-state index is 0.583. The molecule has 12 aromatic rings. The van der Waals surface area contributed by atoms with Crippen LogP contribution in [0.5, 0.6) is 0 Å². The number of para-hydroxylation sites is 2. The molecule has 5 heteroatoms. The molecule has 0 radical (unpaired) electrons. The Bertz CT molecular complexity index is 3520. The van der Waals surface area contributed by atoms with Gasteiger partial charge in [-0.1, -0.05) is 164 Å². The van der Waals surface area contributed by atoms with E-state index in [4.69, 9.17) is 19.4 Å². The molecular formula is C55H34N4O. The quantitative estimate of drug-likeness (QED) is 0.169. The molecule has 0 atom stereocenters. The smallest absolute Gasteiger partial charge is 0.164 e. The number of fused-ring (bicyclic) bond motifs is 8. The first-order valence-corrected chi connectivity index (χ1v) is 20.2. The molecule has 60 heavy (non-hydrogen) atoms. The SMILES string of the molecule is c1ccc(-c2ccc(-c3nc(-c4ccccc4)nc(-c4ccc(-c5ccc(-n6c7ccccc7c7ccccc76)cc5)c5oc6c7ccccc7ccc6c45)n3)cc2)cc1. The highest BCUT2D eigenvalue weighted by molar-refractivity contribution is 6.21. The Kier molecular flexibility index (Phi) is 7.78. The molecule has 0 unspecified atom stereocenters. The van der Waals surface area contributed by atoms with Crippen LogP contribution in [0.2, 0.25) is 0 Å². The van der Waals surface area contributed by atoms with Crippen LogP contribution in [0.4, 0.5) is 0 Å². The summed E-state index contributed by atoms with van der Waals surface area (Å²) in [4.78, 5) is 15.5. The van der Waals surface area contributed by atoms with Gasteiger partial charge in [-0.2, -0.15) is 0 Å². The zero-order chi connectivity index (χ0) is 39.6. The molecule has 12 rings (SSSR count). The van der Waals surface area contributed by atoms with Gasteiger partial charge >= 0.3 is 0 Å². The normalized spacial score (nSPS) is 11.7. The Hall–Kier alpha value is -8.15. The summed E-state index contributed by atoms with van der Waals surface area (Å²) in [6.45, 7) is 0. The van der Waals surface area contributed by atoms with Crippen molar-refractivity contribution in [2.24, 2.45) is 0 Å². The predicted molar refractivity (Wildman–Crippen MR) is 246 cm³/mol. The molecule has 0 bridgehead atoms. The van der Waals surface area contributed by atoms with Crippen molar-refractivity contribution >= 4 is 54.5 Å². The Morgan fingerprint density at radius 1 is 0.317 bits per heavy atom. The maximum Gasteiger partial charge on any atom is 0.164 e. The van der Waals surface area contributed by atoms with Crippen LogP contribution in [-0.4, -0.2) is 19.5 Å². The molecule has 0 amide bonds. The number of hydrogen-bond donors (Lipinski definition) is 0. The van der Waals surface area contributed by atoms with E-state index in [1.165, 1.54) is 21.8 Å². The van der Waals surface area contributed by atoms with Crippen molar-refractivity contribution in [3.05, 3.63) is 206 Å². The van der Waals surface area contributed by atoms with Crippen molar-refractivity contribution < 1.29 is 4.42 Å². The van der Waals surface area contributed by atoms with E-state index in [-0.39, 0.29) is 0 Å². The average Bonchev–Trinajstić information content (AvgIpc) is 3.89. The molecule has 3 heterocycles. The van der Waals surface area contributed by atoms with E-state index in [1.54, 1.807) is 0 Å². The Morgan fingerprint density at radius 3 is 1.50 bits per heavy atom. The van der Waals surface area contributed by atoms with Crippen molar-refractivity contribution in [2.45, 2.75) is 0 Å². The molecule has 0 N–H and O–H groups in total. The van der Waals surface area contributed by atoms with E-state index < -0.39 is 0 Å². The van der Waals surface area contributed by atoms with E-state index in [2.05, 4.69) is 174 Å². The average molecular weight is 767 g/mol. The van der Waals surface area contributed by atoms with Crippen LogP contribution < -0.4 is 0 Å². The topological polar surface area (TPSA) is 56.7 Å². The van der Waals surface area contributed by atoms with E-state index in [0.29, 0.717) is 17.5 Å². The lowest BCUT2D eigenvalue weighted by Gasteiger charge is -2.12. The summed E-state index contributed by atoms with van der Waals surface area (Å²) < 4.78 is 9.39. The third kappa shape index (κ3) is 5.52. The van der Waals surface area contributed by atoms with Crippen LogP contribution in [0.25, 0.3) is 117 Å². The highest BCUT2D eigenvalue weighted by Crippen LogP contribution is 2.44. The summed E-state index contributed by atoms with van der Waals surface area (Å²) in [7, 11) is 0. The Balaban J connectivity index is 1.05. The van der Waals surface area contributed by atoms with E-state index in [9.17, 15) is 0 Å². The highest BCUT2D eigenvalue weighted by atomic mass is 16.3. The first kappa shape index (κ1) is 33.9. The van der Waals surface area contributed by atoms with E-state index >= 15 is 0 Å². The molecule has 0 saturated carbocycles. The van der Waals surface area contributed by atoms with Gasteiger partial charge < -0.3 is 8.98 Å². The van der Waals surface area contributed by atoms with Crippen LogP contribution in [0, 0.1) is 0 Å². The monoisotopic (exact) mass is 766 g/mol. The second kappa shape index (κ2) is 13.8. The Labute approximate surface area is 345 Å². The maximum absolute atomic E-state index is 7.04. The fourth-order valence-electron chi connectivity index (χ4n) is 8.80. The number of nitrogens with zero attached hydrogens (tertiary/aromatic N) is 4. The van der Waals surface area contributed by atoms with Crippen LogP contribution in [0.1, 0.15) is 0 Å². The molecule has 280 valence electrons. The second-order valence-electron chi connectivity index (χ2n) is 15.2. The molecule has 0 aliphatic carbocycles. The second-order valence-corrected chi connectivity index (χ2v) is 15.2. The number of hydrogen-bond acceptors (Lipinski definition) is 4. The van der Waals surface area contributed by atoms with Crippen molar-refractivity contribution in [2.75, 3.05) is 0 Å². The van der Waals surface area contributed by atoms with Crippen LogP contribution in [0.3, 0.4) is 0 Å². The molecule has 5 nitrogen and oxygen atoms in total. The first-order valence-electron chi connectivity index (χ1n) is 20.2. The fraction of sp³-hybridized carbons (Fsp3) is 0. The third-order valence-corrected chi connectivity index (χ3v) is 11.7. The van der Waals surface area contributed by atoms with Gasteiger partial charge in [-0.05, 0) is 64.5 Å². The van der Waals surface area contributed by atoms with Crippen molar-refractivity contribution in [3.8, 4) is 62.1 Å². The number of benzene rings is 9. The predicted octanol–water partition coefficient (Wildman–Crippen LogP) is 14.4. The van der Waals surface area contributed by atoms with Gasteiger partial charge in [0.1, 0.15) is 11.2 Å². The fourth-order valence-corrected chi connectivity index (χ4v) is 8.80. The molecule has 0 saturated heterocycles. The van der Waals surface area contributed by atoms with Gasteiger partial charge in [0.05, 0.1) is 11.0 Å². The largest absolute Gasteiger partial charge is 0.455 e. The minimum Gasteiger partial charge on any atom is -0.455 e. The molecule has 0 fully saturated rings. The van der Waals surface area contributed by atoms with Gasteiger partial charge in [-0.15, -0.1) is 0 Å². The zero-order valence-electron chi connectivity index (χ0n) is 32.3. The van der Waals surface area contributed by atoms with E-state index in [0.717, 1.165) is 77.3 Å². The standard InChI is InChI=1S/C55H34N4O/c1-3-13-35(14-4-1)36-23-25-40(26-24-36)54-56-53(39-16-5-2-6-17-39)57-55(58-54)47-34-33-43(52-50(47)46-32-29-37-15-7-8-18-42(37)51(46)60-52)38-27-30-41(31-28-38)59-48-21-11-9-19-44(48)45-20-10-12-22-49(45)59/h1-34H. The lowest BCUT2D eigenvalue weighted by Crippen LogP contribution is -2.00. The third-order valence-electron chi connectivity index (χ3n) is 11.7. The van der Waals surface area contributed by atoms with Crippen molar-refractivity contribution in [1.82, 2.24) is 19.5 Å². The summed E-state index contributed by atoms with van der Waals surface area (Å²) in [5, 5.41) is 6.64. The van der Waals surface area contributed by atoms with Gasteiger partial charge in [0, 0.05) is 54.9 Å². The highest BCUT2D eigenvalue weighted by Gasteiger charge is 2.22. The summed E-state index contributed by atoms with van der Waals surface area (Å²) in [6.07, 6.45) is 0. The van der Waals surface area contributed by atoms with Crippen LogP contribution in [0.15, 0.2) is 211 Å². The molecule has 3 aromatic heterocycles. The summed E-state index contributed by atoms with van der Waals surface area (Å²) in [6, 6.07) is 72.0. The molecular weight excluding hydrogens is 733 g/mol. The van der Waals surface area contributed by atoms with Crippen molar-refractivity contribution in [1.29, 1.82) is 0 Å². The van der Waals surface area contributed by atoms with Gasteiger partial charge in [0.25, 0.3) is 0 Å². The molecule has 0 aliphatic rings. The lowest BCUT2D eigenvalue weighted by molar-refractivity contribution is 0.674. The number of furan rings is 1. The van der Waals surface area contributed by atoms with Gasteiger partial charge in [0.15, 0.2) is 17.5 Å². The lowest BCUT2D eigenvalue weighted by atomic mass is 9.97. The van der Waals surface area contributed by atoms with Crippen molar-refractivity contribution in [3.63, 3.8) is 0 Å². The van der Waals surface area contributed by atoms with Gasteiger partial charge in [0.2, 0.25) is 0 Å². The molecule has 9 aromatic carbocycles. The zero-order valence-corrected chi connectivity index (χ0v) is 32.3. The van der Waals surface area contributed by atoms with Gasteiger partial charge in [-0.25, -0.2) is 15.0 Å². The summed E-state index contributed by atoms with van der Waals surface area (Å²) in [5.74, 6) is 1.80. The number of rotatable bonds is 6. The molecule has 0 spiro atoms. The Morgan fingerprint density at radius 2 is 0.817 bits per heavy atom.